The van der Waals surface area contributed by atoms with Crippen molar-refractivity contribution in [1.82, 2.24) is 0 Å². The van der Waals surface area contributed by atoms with Gasteiger partial charge in [-0.3, -0.25) is 4.21 Å². The molecule has 3 nitrogen and oxygen atoms in total. The highest BCUT2D eigenvalue weighted by molar-refractivity contribution is 7.85. The molecule has 1 heterocycles. The minimum atomic E-state index is -1.16. The highest BCUT2D eigenvalue weighted by atomic mass is 32.2. The summed E-state index contributed by atoms with van der Waals surface area (Å²) >= 11 is 0. The summed E-state index contributed by atoms with van der Waals surface area (Å²) in [5.41, 5.74) is 5.93. The van der Waals surface area contributed by atoms with Gasteiger partial charge in [-0.05, 0) is 31.0 Å². The lowest BCUT2D eigenvalue weighted by Gasteiger charge is -2.21. The molecule has 0 saturated carbocycles. The van der Waals surface area contributed by atoms with E-state index in [0.29, 0.717) is 18.1 Å². The Morgan fingerprint density at radius 2 is 2.06 bits per heavy atom. The van der Waals surface area contributed by atoms with Crippen LogP contribution in [-0.4, -0.2) is 22.7 Å². The fraction of sp³-hybridized carbons (Fsp3) is 0.455. The minimum Gasteiger partial charge on any atom is -0.398 e. The van der Waals surface area contributed by atoms with E-state index in [-0.39, 0.29) is 10.9 Å². The molecule has 5 heteroatoms. The van der Waals surface area contributed by atoms with E-state index in [4.69, 9.17) is 10.5 Å². The zero-order chi connectivity index (χ0) is 11.5. The van der Waals surface area contributed by atoms with Crippen molar-refractivity contribution < 1.29 is 13.3 Å². The van der Waals surface area contributed by atoms with Crippen LogP contribution in [0.25, 0.3) is 0 Å². The molecule has 1 saturated heterocycles. The predicted molar refractivity (Wildman–Crippen MR) is 61.1 cm³/mol. The van der Waals surface area contributed by atoms with E-state index in [1.54, 1.807) is 0 Å². The van der Waals surface area contributed by atoms with Crippen LogP contribution in [0.4, 0.5) is 10.1 Å². The van der Waals surface area contributed by atoms with Crippen molar-refractivity contribution >= 4 is 16.5 Å². The molecule has 1 aromatic carbocycles. The quantitative estimate of drug-likeness (QED) is 0.804. The van der Waals surface area contributed by atoms with Crippen LogP contribution in [0.5, 0.6) is 0 Å². The Balaban J connectivity index is 2.19. The largest absolute Gasteiger partial charge is 0.398 e. The zero-order valence-electron chi connectivity index (χ0n) is 8.82. The lowest BCUT2D eigenvalue weighted by molar-refractivity contribution is 0.0992. The Morgan fingerprint density at radius 1 is 1.38 bits per heavy atom. The first-order valence-electron chi connectivity index (χ1n) is 5.22. The minimum absolute atomic E-state index is 0.0708. The number of anilines is 1. The second-order valence-electron chi connectivity index (χ2n) is 3.79. The normalized spacial score (nSPS) is 19.6. The smallest absolute Gasteiger partial charge is 0.125 e. The van der Waals surface area contributed by atoms with Crippen molar-refractivity contribution in [2.45, 2.75) is 23.0 Å². The SMILES string of the molecule is Nc1cc(F)ccc1S(=O)C1CCOCC1. The van der Waals surface area contributed by atoms with E-state index in [1.165, 1.54) is 18.2 Å². The third-order valence-electron chi connectivity index (χ3n) is 2.66. The van der Waals surface area contributed by atoms with Crippen molar-refractivity contribution in [1.29, 1.82) is 0 Å². The van der Waals surface area contributed by atoms with Crippen LogP contribution in [0.1, 0.15) is 12.8 Å². The first-order chi connectivity index (χ1) is 7.68. The van der Waals surface area contributed by atoms with E-state index in [0.717, 1.165) is 12.8 Å². The van der Waals surface area contributed by atoms with Gasteiger partial charge in [-0.15, -0.1) is 0 Å². The number of nitrogens with two attached hydrogens (primary N) is 1. The molecule has 2 N–H and O–H groups in total. The van der Waals surface area contributed by atoms with Crippen molar-refractivity contribution in [2.24, 2.45) is 0 Å². The summed E-state index contributed by atoms with van der Waals surface area (Å²) in [4.78, 5) is 0.535. The molecule has 16 heavy (non-hydrogen) atoms. The molecule has 1 aliphatic heterocycles. The average Bonchev–Trinajstić information content (AvgIpc) is 2.29. The fourth-order valence-electron chi connectivity index (χ4n) is 1.77. The molecular formula is C11H14FNO2S. The predicted octanol–water partition coefficient (Wildman–Crippen LogP) is 1.69. The Kier molecular flexibility index (Phi) is 3.56. The fourth-order valence-corrected chi connectivity index (χ4v) is 3.25. The van der Waals surface area contributed by atoms with Crippen LogP contribution in [0, 0.1) is 5.82 Å². The first-order valence-corrected chi connectivity index (χ1v) is 6.43. The maximum absolute atomic E-state index is 12.9. The monoisotopic (exact) mass is 243 g/mol. The van der Waals surface area contributed by atoms with Crippen LogP contribution in [-0.2, 0) is 15.5 Å². The zero-order valence-corrected chi connectivity index (χ0v) is 9.63. The van der Waals surface area contributed by atoms with Crippen molar-refractivity contribution in [2.75, 3.05) is 18.9 Å². The molecule has 1 atom stereocenters. The van der Waals surface area contributed by atoms with Crippen molar-refractivity contribution in [3.8, 4) is 0 Å². The summed E-state index contributed by atoms with van der Waals surface area (Å²) < 4.78 is 30.2. The van der Waals surface area contributed by atoms with Crippen LogP contribution < -0.4 is 5.73 Å². The Labute approximate surface area is 96.2 Å². The van der Waals surface area contributed by atoms with E-state index < -0.39 is 16.6 Å². The highest BCUT2D eigenvalue weighted by Crippen LogP contribution is 2.24. The number of nitrogen functional groups attached to an aromatic ring is 1. The van der Waals surface area contributed by atoms with Crippen molar-refractivity contribution in [3.63, 3.8) is 0 Å². The van der Waals surface area contributed by atoms with Gasteiger partial charge in [0.15, 0.2) is 0 Å². The van der Waals surface area contributed by atoms with Gasteiger partial charge in [0.25, 0.3) is 0 Å². The molecule has 0 amide bonds. The summed E-state index contributed by atoms with van der Waals surface area (Å²) in [7, 11) is -1.16. The van der Waals surface area contributed by atoms with Gasteiger partial charge < -0.3 is 10.5 Å². The molecular weight excluding hydrogens is 229 g/mol. The molecule has 0 aliphatic carbocycles. The summed E-state index contributed by atoms with van der Waals surface area (Å²) in [6.07, 6.45) is 1.53. The molecule has 0 radical (unpaired) electrons. The summed E-state index contributed by atoms with van der Waals surface area (Å²) in [6.45, 7) is 1.27. The molecule has 0 spiro atoms. The van der Waals surface area contributed by atoms with Gasteiger partial charge in [-0.25, -0.2) is 4.39 Å². The van der Waals surface area contributed by atoms with Gasteiger partial charge >= 0.3 is 0 Å². The number of hydrogen-bond donors (Lipinski definition) is 1. The average molecular weight is 243 g/mol. The van der Waals surface area contributed by atoms with Crippen LogP contribution in [0.3, 0.4) is 0 Å². The first kappa shape index (κ1) is 11.5. The van der Waals surface area contributed by atoms with Gasteiger partial charge in [0.2, 0.25) is 0 Å². The van der Waals surface area contributed by atoms with Crippen LogP contribution >= 0.6 is 0 Å². The Hall–Kier alpha value is -0.940. The van der Waals surface area contributed by atoms with Gasteiger partial charge in [-0.2, -0.15) is 0 Å². The Bertz CT molecular complexity index is 405. The molecule has 0 bridgehead atoms. The second-order valence-corrected chi connectivity index (χ2v) is 5.49. The lowest BCUT2D eigenvalue weighted by Crippen LogP contribution is -2.25. The third-order valence-corrected chi connectivity index (χ3v) is 4.54. The maximum Gasteiger partial charge on any atom is 0.125 e. The van der Waals surface area contributed by atoms with E-state index >= 15 is 0 Å². The maximum atomic E-state index is 12.9. The van der Waals surface area contributed by atoms with Gasteiger partial charge in [0, 0.05) is 18.5 Å². The topological polar surface area (TPSA) is 52.3 Å². The summed E-state index contributed by atoms with van der Waals surface area (Å²) in [5.74, 6) is -0.398. The lowest BCUT2D eigenvalue weighted by atomic mass is 10.2. The molecule has 2 rings (SSSR count). The number of rotatable bonds is 2. The van der Waals surface area contributed by atoms with E-state index in [1.807, 2.05) is 0 Å². The number of halogens is 1. The molecule has 1 aliphatic rings. The second kappa shape index (κ2) is 4.93. The molecule has 1 fully saturated rings. The molecule has 1 aromatic rings. The van der Waals surface area contributed by atoms with Gasteiger partial charge in [-0.1, -0.05) is 0 Å². The molecule has 88 valence electrons. The van der Waals surface area contributed by atoms with Crippen LogP contribution in [0.15, 0.2) is 23.1 Å². The van der Waals surface area contributed by atoms with Gasteiger partial charge in [0.1, 0.15) is 5.82 Å². The number of benzene rings is 1. The highest BCUT2D eigenvalue weighted by Gasteiger charge is 2.22. The number of ether oxygens (including phenoxy) is 1. The summed E-state index contributed by atoms with van der Waals surface area (Å²) in [5, 5.41) is 0.0708. The standard InChI is InChI=1S/C11H14FNO2S/c12-8-1-2-11(10(13)7-8)16(14)9-3-5-15-6-4-9/h1-2,7,9H,3-6,13H2. The molecule has 0 aromatic heterocycles. The number of hydrogen-bond acceptors (Lipinski definition) is 3. The molecule has 1 unspecified atom stereocenters. The van der Waals surface area contributed by atoms with E-state index in [2.05, 4.69) is 0 Å². The summed E-state index contributed by atoms with van der Waals surface area (Å²) in [6, 6.07) is 4.02. The van der Waals surface area contributed by atoms with Crippen LogP contribution in [0.2, 0.25) is 0 Å². The third kappa shape index (κ3) is 2.41. The van der Waals surface area contributed by atoms with Crippen molar-refractivity contribution in [3.05, 3.63) is 24.0 Å². The van der Waals surface area contributed by atoms with Gasteiger partial charge in [0.05, 0.1) is 21.4 Å². The van der Waals surface area contributed by atoms with E-state index in [9.17, 15) is 8.60 Å². The Morgan fingerprint density at radius 3 is 2.69 bits per heavy atom.